The van der Waals surface area contributed by atoms with E-state index in [1.807, 2.05) is 0 Å². The smallest absolute Gasteiger partial charge is 0.305 e. The molecule has 0 bridgehead atoms. The molecule has 8 heteroatoms. The molecule has 8 nitrogen and oxygen atoms in total. The van der Waals surface area contributed by atoms with E-state index in [9.17, 15) is 14.7 Å². The Labute approximate surface area is 334 Å². The second-order valence-corrected chi connectivity index (χ2v) is 15.7. The summed E-state index contributed by atoms with van der Waals surface area (Å²) in [7, 11) is 0. The Kier molecular flexibility index (Phi) is 43.5. The van der Waals surface area contributed by atoms with Gasteiger partial charge < -0.3 is 29.0 Å². The van der Waals surface area contributed by atoms with Gasteiger partial charge in [-0.05, 0) is 58.0 Å². The minimum atomic E-state index is -0.324. The lowest BCUT2D eigenvalue weighted by Gasteiger charge is -2.21. The van der Waals surface area contributed by atoms with Crippen LogP contribution in [-0.2, 0) is 28.5 Å². The Morgan fingerprint density at radius 3 is 1.20 bits per heavy atom. The zero-order valence-electron chi connectivity index (χ0n) is 36.2. The first-order valence-corrected chi connectivity index (χ1v) is 23.4. The van der Waals surface area contributed by atoms with Crippen molar-refractivity contribution in [1.82, 2.24) is 4.90 Å². The fraction of sp³-hybridized carbons (Fsp3) is 0.957. The van der Waals surface area contributed by atoms with E-state index in [1.165, 1.54) is 103 Å². The van der Waals surface area contributed by atoms with Gasteiger partial charge in [0.05, 0.1) is 26.2 Å². The maximum absolute atomic E-state index is 12.5. The van der Waals surface area contributed by atoms with E-state index >= 15 is 0 Å². The summed E-state index contributed by atoms with van der Waals surface area (Å²) in [6, 6.07) is 0. The van der Waals surface area contributed by atoms with Gasteiger partial charge in [0.25, 0.3) is 0 Å². The van der Waals surface area contributed by atoms with Crippen molar-refractivity contribution in [3.63, 3.8) is 0 Å². The molecule has 0 aliphatic heterocycles. The molecule has 322 valence electrons. The largest absolute Gasteiger partial charge is 0.466 e. The molecule has 0 fully saturated rings. The number of carbonyl (C=O) groups is 2. The molecular formula is C46H91NO7. The van der Waals surface area contributed by atoms with Crippen molar-refractivity contribution in [2.75, 3.05) is 52.7 Å². The average molecular weight is 770 g/mol. The molecule has 0 atom stereocenters. The summed E-state index contributed by atoms with van der Waals surface area (Å²) in [4.78, 5) is 26.8. The Bertz CT molecular complexity index is 749. The minimum absolute atomic E-state index is 0.0396. The quantitative estimate of drug-likeness (QED) is 0.0372. The molecule has 0 aliphatic carbocycles. The molecule has 0 amide bonds. The minimum Gasteiger partial charge on any atom is -0.466 e. The third-order valence-electron chi connectivity index (χ3n) is 10.4. The molecule has 0 aromatic carbocycles. The van der Waals surface area contributed by atoms with Crippen molar-refractivity contribution >= 4 is 11.9 Å². The fourth-order valence-corrected chi connectivity index (χ4v) is 6.80. The van der Waals surface area contributed by atoms with Gasteiger partial charge in [0.1, 0.15) is 0 Å². The highest BCUT2D eigenvalue weighted by atomic mass is 16.7. The molecule has 0 rings (SSSR count). The van der Waals surface area contributed by atoms with E-state index in [-0.39, 0.29) is 24.8 Å². The number of aliphatic hydroxyl groups excluding tert-OH is 1. The Hall–Kier alpha value is -1.22. The van der Waals surface area contributed by atoms with Crippen LogP contribution in [0.1, 0.15) is 226 Å². The first kappa shape index (κ1) is 52.8. The number of rotatable bonds is 45. The number of hydrogen-bond donors (Lipinski definition) is 1. The predicted octanol–water partition coefficient (Wildman–Crippen LogP) is 12.3. The van der Waals surface area contributed by atoms with Crippen LogP contribution in [0, 0.1) is 0 Å². The third-order valence-corrected chi connectivity index (χ3v) is 10.4. The van der Waals surface area contributed by atoms with Crippen LogP contribution in [0.15, 0.2) is 0 Å². The van der Waals surface area contributed by atoms with E-state index in [0.29, 0.717) is 52.2 Å². The van der Waals surface area contributed by atoms with Gasteiger partial charge in [-0.25, -0.2) is 0 Å². The molecule has 0 aromatic rings. The normalized spacial score (nSPS) is 11.6. The second kappa shape index (κ2) is 44.5. The Morgan fingerprint density at radius 2 is 0.778 bits per heavy atom. The van der Waals surface area contributed by atoms with Crippen LogP contribution >= 0.6 is 0 Å². The van der Waals surface area contributed by atoms with Crippen LogP contribution in [0.3, 0.4) is 0 Å². The van der Waals surface area contributed by atoms with Gasteiger partial charge in [-0.1, -0.05) is 162 Å². The maximum Gasteiger partial charge on any atom is 0.305 e. The maximum atomic E-state index is 12.5. The zero-order chi connectivity index (χ0) is 39.4. The molecule has 0 saturated carbocycles. The van der Waals surface area contributed by atoms with E-state index in [0.717, 1.165) is 96.6 Å². The van der Waals surface area contributed by atoms with Crippen molar-refractivity contribution < 1.29 is 33.6 Å². The highest BCUT2D eigenvalue weighted by molar-refractivity contribution is 5.69. The van der Waals surface area contributed by atoms with E-state index in [4.69, 9.17) is 18.9 Å². The van der Waals surface area contributed by atoms with Crippen LogP contribution in [0.5, 0.6) is 0 Å². The number of hydrogen-bond acceptors (Lipinski definition) is 8. The topological polar surface area (TPSA) is 94.5 Å². The average Bonchev–Trinajstić information content (AvgIpc) is 3.17. The van der Waals surface area contributed by atoms with Gasteiger partial charge in [0.15, 0.2) is 6.29 Å². The molecule has 0 saturated heterocycles. The number of carbonyl (C=O) groups excluding carboxylic acids is 2. The molecule has 0 radical (unpaired) electrons. The fourth-order valence-electron chi connectivity index (χ4n) is 6.80. The number of aliphatic hydroxyl groups is 1. The van der Waals surface area contributed by atoms with Crippen molar-refractivity contribution in [3.05, 3.63) is 0 Å². The standard InChI is InChI=1S/C46H91NO7/c1-4-7-10-13-16-17-24-29-40-51-44(49)33-26-19-18-20-27-36-47(38-39-48)37-28-21-25-30-41-52-45(50)34-35-46(53-42-31-22-14-11-8-5-2)54-43-32-23-15-12-9-6-3/h46,48H,4-43H2,1-3H3. The lowest BCUT2D eigenvalue weighted by Crippen LogP contribution is -2.29. The molecule has 54 heavy (non-hydrogen) atoms. The van der Waals surface area contributed by atoms with Crippen molar-refractivity contribution in [3.8, 4) is 0 Å². The molecule has 0 aliphatic rings. The van der Waals surface area contributed by atoms with Gasteiger partial charge in [-0.3, -0.25) is 9.59 Å². The van der Waals surface area contributed by atoms with Crippen molar-refractivity contribution in [1.29, 1.82) is 0 Å². The highest BCUT2D eigenvalue weighted by Crippen LogP contribution is 2.14. The lowest BCUT2D eigenvalue weighted by atomic mass is 10.1. The zero-order valence-corrected chi connectivity index (χ0v) is 36.2. The number of nitrogens with zero attached hydrogens (tertiary/aromatic N) is 1. The summed E-state index contributed by atoms with van der Waals surface area (Å²) in [5.74, 6) is -0.197. The molecule has 1 N–H and O–H groups in total. The molecular weight excluding hydrogens is 679 g/mol. The number of ether oxygens (including phenoxy) is 4. The Morgan fingerprint density at radius 1 is 0.426 bits per heavy atom. The number of esters is 2. The highest BCUT2D eigenvalue weighted by Gasteiger charge is 2.14. The van der Waals surface area contributed by atoms with E-state index < -0.39 is 0 Å². The predicted molar refractivity (Wildman–Crippen MR) is 226 cm³/mol. The summed E-state index contributed by atoms with van der Waals surface area (Å²) < 4.78 is 23.1. The van der Waals surface area contributed by atoms with E-state index in [1.54, 1.807) is 0 Å². The van der Waals surface area contributed by atoms with Crippen molar-refractivity contribution in [2.24, 2.45) is 0 Å². The molecule has 0 unspecified atom stereocenters. The van der Waals surface area contributed by atoms with Crippen molar-refractivity contribution in [2.45, 2.75) is 233 Å². The van der Waals surface area contributed by atoms with Crippen LogP contribution in [0.25, 0.3) is 0 Å². The van der Waals surface area contributed by atoms with Gasteiger partial charge in [0, 0.05) is 32.6 Å². The molecule has 0 aromatic heterocycles. The molecule has 0 spiro atoms. The first-order valence-electron chi connectivity index (χ1n) is 23.4. The summed E-state index contributed by atoms with van der Waals surface area (Å²) in [6.45, 7) is 12.1. The summed E-state index contributed by atoms with van der Waals surface area (Å²) in [5.41, 5.74) is 0. The summed E-state index contributed by atoms with van der Waals surface area (Å²) in [6.07, 6.45) is 35.3. The SMILES string of the molecule is CCCCCCCCCCOC(=O)CCCCCCCN(CCO)CCCCCCOC(=O)CCC(OCCCCCCCC)OCCCCCCCC. The van der Waals surface area contributed by atoms with E-state index in [2.05, 4.69) is 25.7 Å². The van der Waals surface area contributed by atoms with Crippen LogP contribution in [-0.4, -0.2) is 80.9 Å². The first-order chi connectivity index (χ1) is 26.6. The van der Waals surface area contributed by atoms with Crippen LogP contribution in [0.2, 0.25) is 0 Å². The van der Waals surface area contributed by atoms with Gasteiger partial charge in [0.2, 0.25) is 0 Å². The van der Waals surface area contributed by atoms with Crippen LogP contribution in [0.4, 0.5) is 0 Å². The van der Waals surface area contributed by atoms with Gasteiger partial charge in [-0.15, -0.1) is 0 Å². The summed E-state index contributed by atoms with van der Waals surface area (Å²) >= 11 is 0. The molecule has 0 heterocycles. The lowest BCUT2D eigenvalue weighted by molar-refractivity contribution is -0.159. The van der Waals surface area contributed by atoms with Crippen LogP contribution < -0.4 is 0 Å². The third kappa shape index (κ3) is 40.4. The van der Waals surface area contributed by atoms with Gasteiger partial charge >= 0.3 is 11.9 Å². The second-order valence-electron chi connectivity index (χ2n) is 15.7. The monoisotopic (exact) mass is 770 g/mol. The van der Waals surface area contributed by atoms with Gasteiger partial charge in [-0.2, -0.15) is 0 Å². The number of unbranched alkanes of at least 4 members (excludes halogenated alkanes) is 24. The summed E-state index contributed by atoms with van der Waals surface area (Å²) in [5, 5.41) is 9.54. The Balaban J connectivity index is 3.94.